The molecule has 35 heavy (non-hydrogen) atoms. The van der Waals surface area contributed by atoms with Crippen molar-refractivity contribution in [1.29, 1.82) is 0 Å². The number of nitrogens with one attached hydrogen (secondary N) is 3. The minimum atomic E-state index is -4.42. The maximum absolute atomic E-state index is 12.6. The normalized spacial score (nSPS) is 11.4. The quantitative estimate of drug-likeness (QED) is 0.204. The molecule has 0 bridgehead atoms. The van der Waals surface area contributed by atoms with Crippen LogP contribution < -0.4 is 16.0 Å². The fraction of sp³-hybridized carbons (Fsp3) is 0.174. The molecule has 4 rings (SSSR count). The maximum Gasteiger partial charge on any atom is 0.321 e. The van der Waals surface area contributed by atoms with E-state index in [2.05, 4.69) is 25.9 Å². The van der Waals surface area contributed by atoms with Crippen molar-refractivity contribution in [2.45, 2.75) is 11.4 Å². The highest BCUT2D eigenvalue weighted by Crippen LogP contribution is 2.27. The maximum atomic E-state index is 12.6. The van der Waals surface area contributed by atoms with Crippen LogP contribution in [0, 0.1) is 0 Å². The third kappa shape index (κ3) is 5.93. The van der Waals surface area contributed by atoms with E-state index in [0.29, 0.717) is 30.0 Å². The van der Waals surface area contributed by atoms with Gasteiger partial charge in [0.2, 0.25) is 5.95 Å². The first-order valence-corrected chi connectivity index (χ1v) is 12.1. The van der Waals surface area contributed by atoms with E-state index < -0.39 is 16.1 Å². The molecule has 0 radical (unpaired) electrons. The topological polar surface area (TPSA) is 147 Å². The van der Waals surface area contributed by atoms with Crippen molar-refractivity contribution in [2.24, 2.45) is 0 Å². The average Bonchev–Trinajstić information content (AvgIpc) is 3.20. The zero-order chi connectivity index (χ0) is 24.8. The Labute approximate surface area is 201 Å². The summed E-state index contributed by atoms with van der Waals surface area (Å²) in [7, 11) is -2.79. The number of rotatable bonds is 9. The van der Waals surface area contributed by atoms with Gasteiger partial charge in [-0.15, -0.1) is 0 Å². The number of anilines is 2. The summed E-state index contributed by atoms with van der Waals surface area (Å²) < 4.78 is 39.3. The van der Waals surface area contributed by atoms with Gasteiger partial charge in [-0.3, -0.25) is 19.4 Å². The summed E-state index contributed by atoms with van der Waals surface area (Å²) in [6, 6.07) is 16.3. The molecule has 2 amide bonds. The smallest absolute Gasteiger partial charge is 0.321 e. The first kappa shape index (κ1) is 24.1. The van der Waals surface area contributed by atoms with Gasteiger partial charge in [0.1, 0.15) is 0 Å². The summed E-state index contributed by atoms with van der Waals surface area (Å²) in [5.74, 6) is 0.172. The molecule has 12 heteroatoms. The summed E-state index contributed by atoms with van der Waals surface area (Å²) in [6.45, 7) is 1.42. The van der Waals surface area contributed by atoms with Crippen LogP contribution in [0.25, 0.3) is 16.7 Å². The molecule has 4 aromatic rings. The van der Waals surface area contributed by atoms with E-state index in [1.165, 1.54) is 18.2 Å². The largest absolute Gasteiger partial charge is 0.383 e. The average molecular weight is 497 g/mol. The Morgan fingerprint density at radius 2 is 1.91 bits per heavy atom. The second-order valence-corrected chi connectivity index (χ2v) is 8.91. The molecule has 0 saturated carbocycles. The number of hydrogen-bond acceptors (Lipinski definition) is 7. The van der Waals surface area contributed by atoms with Crippen LogP contribution in [0.4, 0.5) is 16.4 Å². The lowest BCUT2D eigenvalue weighted by molar-refractivity contribution is 0.211. The molecule has 0 spiro atoms. The number of imidazole rings is 1. The molecule has 0 atom stereocenters. The SMILES string of the molecule is COCCNc1ccc(-n2c(NC(=O)NCc3ccccn3)nc3cc(S(=O)(=O)O)ccc32)cc1. The van der Waals surface area contributed by atoms with Crippen molar-refractivity contribution >= 4 is 38.8 Å². The van der Waals surface area contributed by atoms with Gasteiger partial charge in [0.25, 0.3) is 10.1 Å². The Balaban J connectivity index is 1.65. The van der Waals surface area contributed by atoms with Crippen LogP contribution in [-0.2, 0) is 21.4 Å². The summed E-state index contributed by atoms with van der Waals surface area (Å²) in [6.07, 6.45) is 1.63. The highest BCUT2D eigenvalue weighted by atomic mass is 32.2. The van der Waals surface area contributed by atoms with Crippen molar-refractivity contribution < 1.29 is 22.5 Å². The predicted octanol–water partition coefficient (Wildman–Crippen LogP) is 3.05. The van der Waals surface area contributed by atoms with E-state index in [0.717, 1.165) is 5.69 Å². The number of carbonyl (C=O) groups is 1. The van der Waals surface area contributed by atoms with Gasteiger partial charge in [0.15, 0.2) is 0 Å². The Morgan fingerprint density at radius 3 is 2.60 bits per heavy atom. The molecule has 182 valence electrons. The molecule has 11 nitrogen and oxygen atoms in total. The van der Waals surface area contributed by atoms with Crippen LogP contribution in [0.2, 0.25) is 0 Å². The molecular formula is C23H24N6O5S. The number of pyridine rings is 1. The zero-order valence-electron chi connectivity index (χ0n) is 18.8. The second-order valence-electron chi connectivity index (χ2n) is 7.49. The number of fused-ring (bicyclic) bond motifs is 1. The fourth-order valence-electron chi connectivity index (χ4n) is 3.41. The Kier molecular flexibility index (Phi) is 7.25. The lowest BCUT2D eigenvalue weighted by Gasteiger charge is -2.12. The molecule has 0 aliphatic rings. The van der Waals surface area contributed by atoms with Gasteiger partial charge < -0.3 is 15.4 Å². The van der Waals surface area contributed by atoms with E-state index in [1.54, 1.807) is 30.0 Å². The van der Waals surface area contributed by atoms with Gasteiger partial charge in [-0.1, -0.05) is 6.07 Å². The number of methoxy groups -OCH3 is 1. The van der Waals surface area contributed by atoms with Crippen molar-refractivity contribution in [3.8, 4) is 5.69 Å². The van der Waals surface area contributed by atoms with Crippen molar-refractivity contribution in [3.05, 3.63) is 72.6 Å². The standard InChI is InChI=1S/C23H24N6O5S/c1-34-13-12-25-16-5-7-18(8-6-16)29-21-10-9-19(35(31,32)33)14-20(21)27-22(29)28-23(30)26-15-17-4-2-3-11-24-17/h2-11,14,25H,12-13,15H2,1H3,(H,31,32,33)(H2,26,27,28,30). The number of carbonyl (C=O) groups excluding carboxylic acids is 1. The van der Waals surface area contributed by atoms with Gasteiger partial charge in [-0.05, 0) is 54.6 Å². The molecular weight excluding hydrogens is 472 g/mol. The number of benzene rings is 2. The molecule has 2 aromatic heterocycles. The van der Waals surface area contributed by atoms with E-state index in [4.69, 9.17) is 4.74 Å². The third-order valence-electron chi connectivity index (χ3n) is 5.07. The van der Waals surface area contributed by atoms with Gasteiger partial charge in [0.05, 0.1) is 34.8 Å². The van der Waals surface area contributed by atoms with E-state index in [1.807, 2.05) is 30.3 Å². The summed E-state index contributed by atoms with van der Waals surface area (Å²) in [5.41, 5.74) is 3.07. The third-order valence-corrected chi connectivity index (χ3v) is 5.92. The molecule has 0 unspecified atom stereocenters. The molecule has 0 aliphatic carbocycles. The molecule has 4 N–H and O–H groups in total. The molecule has 2 heterocycles. The first-order valence-electron chi connectivity index (χ1n) is 10.6. The Hall–Kier alpha value is -4.00. The fourth-order valence-corrected chi connectivity index (χ4v) is 3.91. The number of hydrogen-bond donors (Lipinski definition) is 4. The number of ether oxygens (including phenoxy) is 1. The van der Waals surface area contributed by atoms with Crippen molar-refractivity contribution in [3.63, 3.8) is 0 Å². The number of urea groups is 1. The van der Waals surface area contributed by atoms with E-state index >= 15 is 0 Å². The lowest BCUT2D eigenvalue weighted by atomic mass is 10.2. The van der Waals surface area contributed by atoms with Gasteiger partial charge in [-0.2, -0.15) is 8.42 Å². The molecule has 0 fully saturated rings. The molecule has 0 aliphatic heterocycles. The summed E-state index contributed by atoms with van der Waals surface area (Å²) in [4.78, 5) is 20.9. The first-order chi connectivity index (χ1) is 16.8. The summed E-state index contributed by atoms with van der Waals surface area (Å²) in [5, 5.41) is 8.66. The van der Waals surface area contributed by atoms with Crippen molar-refractivity contribution in [1.82, 2.24) is 19.9 Å². The van der Waals surface area contributed by atoms with Crippen LogP contribution in [0.3, 0.4) is 0 Å². The van der Waals surface area contributed by atoms with Crippen LogP contribution in [0.1, 0.15) is 5.69 Å². The predicted molar refractivity (Wildman–Crippen MR) is 131 cm³/mol. The minimum Gasteiger partial charge on any atom is -0.383 e. The number of aromatic nitrogens is 3. The summed E-state index contributed by atoms with van der Waals surface area (Å²) >= 11 is 0. The second kappa shape index (κ2) is 10.5. The molecule has 0 saturated heterocycles. The van der Waals surface area contributed by atoms with E-state index in [9.17, 15) is 17.8 Å². The molecule has 2 aromatic carbocycles. The van der Waals surface area contributed by atoms with Crippen molar-refractivity contribution in [2.75, 3.05) is 30.9 Å². The minimum absolute atomic E-state index is 0.172. The number of nitrogens with zero attached hydrogens (tertiary/aromatic N) is 3. The van der Waals surface area contributed by atoms with Crippen LogP contribution in [0.15, 0.2) is 71.8 Å². The van der Waals surface area contributed by atoms with Crippen LogP contribution >= 0.6 is 0 Å². The van der Waals surface area contributed by atoms with Gasteiger partial charge in [-0.25, -0.2) is 9.78 Å². The number of amides is 2. The van der Waals surface area contributed by atoms with Crippen LogP contribution in [0.5, 0.6) is 0 Å². The Bertz CT molecular complexity index is 1420. The monoisotopic (exact) mass is 496 g/mol. The van der Waals surface area contributed by atoms with Gasteiger partial charge in [0, 0.05) is 31.2 Å². The highest BCUT2D eigenvalue weighted by molar-refractivity contribution is 7.85. The Morgan fingerprint density at radius 1 is 1.11 bits per heavy atom. The van der Waals surface area contributed by atoms with E-state index in [-0.39, 0.29) is 22.9 Å². The van der Waals surface area contributed by atoms with Gasteiger partial charge >= 0.3 is 6.03 Å². The van der Waals surface area contributed by atoms with Crippen LogP contribution in [-0.4, -0.2) is 53.8 Å². The highest BCUT2D eigenvalue weighted by Gasteiger charge is 2.18. The zero-order valence-corrected chi connectivity index (χ0v) is 19.6. The lowest BCUT2D eigenvalue weighted by Crippen LogP contribution is -2.29.